The number of hydrogen-bond donors (Lipinski definition) is 3. The second-order valence-electron chi connectivity index (χ2n) is 20.2. The first kappa shape index (κ1) is 57.2. The molecule has 3 fully saturated rings. The smallest absolute Gasteiger partial charge is 0.329 e. The van der Waals surface area contributed by atoms with Crippen molar-refractivity contribution >= 4 is 29.2 Å². The molecule has 4 aliphatic rings. The fourth-order valence-corrected chi connectivity index (χ4v) is 10.5. The Morgan fingerprint density at radius 1 is 0.853 bits per heavy atom. The zero-order chi connectivity index (χ0) is 50.3. The van der Waals surface area contributed by atoms with Crippen LogP contribution in [0.3, 0.4) is 0 Å². The molecule has 0 aromatic rings. The van der Waals surface area contributed by atoms with Gasteiger partial charge in [-0.25, -0.2) is 4.79 Å². The molecule has 3 N–H and O–H groups in total. The van der Waals surface area contributed by atoms with E-state index in [9.17, 15) is 39.3 Å². The number of nitrogens with zero attached hydrogens (tertiary/aromatic N) is 1. The lowest BCUT2D eigenvalue weighted by atomic mass is 9.78. The van der Waals surface area contributed by atoms with Gasteiger partial charge in [-0.3, -0.25) is 19.2 Å². The number of methoxy groups -OCH3 is 3. The number of allylic oxidation sites excluding steroid dienone is 6. The molecule has 2 saturated heterocycles. The predicted molar refractivity (Wildman–Crippen MR) is 256 cm³/mol. The highest BCUT2D eigenvalue weighted by molar-refractivity contribution is 6.39. The summed E-state index contributed by atoms with van der Waals surface area (Å²) in [7, 11) is 4.58. The number of esters is 1. The van der Waals surface area contributed by atoms with Crippen molar-refractivity contribution in [2.45, 2.75) is 180 Å². The Bertz CT molecular complexity index is 1810. The summed E-state index contributed by atoms with van der Waals surface area (Å²) < 4.78 is 35.6. The average molecular weight is 958 g/mol. The Morgan fingerprint density at radius 2 is 1.59 bits per heavy atom. The number of aliphatic hydroxyl groups excluding tert-OH is 2. The topological polar surface area (TPSA) is 205 Å². The van der Waals surface area contributed by atoms with E-state index in [1.54, 1.807) is 41.1 Å². The predicted octanol–water partition coefficient (Wildman–Crippen LogP) is 6.20. The maximum atomic E-state index is 14.5. The fraction of sp³-hybridized carbons (Fsp3) is 0.755. The number of carbonyl (C=O) groups excluding carboxylic acids is 5. The van der Waals surface area contributed by atoms with E-state index in [1.807, 2.05) is 58.1 Å². The summed E-state index contributed by atoms with van der Waals surface area (Å²) in [5.74, 6) is -7.96. The molecular weight excluding hydrogens is 875 g/mol. The van der Waals surface area contributed by atoms with Gasteiger partial charge < -0.3 is 48.6 Å². The van der Waals surface area contributed by atoms with Crippen molar-refractivity contribution in [2.24, 2.45) is 35.5 Å². The minimum atomic E-state index is -2.43. The first-order valence-corrected chi connectivity index (χ1v) is 25.0. The highest BCUT2D eigenvalue weighted by Gasteiger charge is 2.53. The van der Waals surface area contributed by atoms with Crippen LogP contribution in [0.4, 0.5) is 0 Å². The Morgan fingerprint density at radius 3 is 2.26 bits per heavy atom. The number of ether oxygens (including phenoxy) is 6. The quantitative estimate of drug-likeness (QED) is 0.134. The summed E-state index contributed by atoms with van der Waals surface area (Å²) in [6.07, 6.45) is 12.0. The zero-order valence-corrected chi connectivity index (χ0v) is 42.4. The highest BCUT2D eigenvalue weighted by atomic mass is 16.6. The molecule has 1 aliphatic carbocycles. The maximum absolute atomic E-state index is 14.5. The van der Waals surface area contributed by atoms with E-state index in [2.05, 4.69) is 0 Å². The largest absolute Gasteiger partial charge is 0.460 e. The van der Waals surface area contributed by atoms with Gasteiger partial charge in [0.25, 0.3) is 11.7 Å². The maximum Gasteiger partial charge on any atom is 0.329 e. The number of piperidine rings is 1. The molecule has 15 heteroatoms. The molecule has 0 aromatic heterocycles. The Labute approximate surface area is 405 Å². The molecule has 0 aromatic carbocycles. The van der Waals surface area contributed by atoms with Crippen molar-refractivity contribution in [2.75, 3.05) is 41.1 Å². The molecule has 0 spiro atoms. The van der Waals surface area contributed by atoms with Crippen LogP contribution in [-0.4, -0.2) is 145 Å². The molecule has 3 aliphatic heterocycles. The number of Topliss-reactive ketones (excluding diaryl/α,β-unsaturated/α-hetero) is 3. The summed E-state index contributed by atoms with van der Waals surface area (Å²) in [4.78, 5) is 72.1. The minimum Gasteiger partial charge on any atom is -0.460 e. The number of ketones is 3. The molecule has 384 valence electrons. The Hall–Kier alpha value is -3.41. The van der Waals surface area contributed by atoms with Crippen molar-refractivity contribution in [1.82, 2.24) is 4.90 Å². The summed E-state index contributed by atoms with van der Waals surface area (Å²) in [5.41, 5.74) is 1.26. The van der Waals surface area contributed by atoms with Crippen LogP contribution in [0, 0.1) is 35.5 Å². The summed E-state index contributed by atoms with van der Waals surface area (Å²) >= 11 is 0. The highest BCUT2D eigenvalue weighted by Crippen LogP contribution is 2.38. The number of hydrogen-bond acceptors (Lipinski definition) is 14. The molecule has 2 bridgehead atoms. The monoisotopic (exact) mass is 958 g/mol. The third-order valence-corrected chi connectivity index (χ3v) is 14.9. The van der Waals surface area contributed by atoms with Crippen LogP contribution >= 0.6 is 0 Å². The van der Waals surface area contributed by atoms with Crippen molar-refractivity contribution in [3.05, 3.63) is 47.6 Å². The van der Waals surface area contributed by atoms with Gasteiger partial charge in [-0.1, -0.05) is 71.1 Å². The summed E-state index contributed by atoms with van der Waals surface area (Å²) in [6.45, 7) is 12.9. The fourth-order valence-electron chi connectivity index (χ4n) is 10.5. The van der Waals surface area contributed by atoms with Gasteiger partial charge in [0, 0.05) is 58.5 Å². The Kier molecular flexibility index (Phi) is 22.9. The van der Waals surface area contributed by atoms with Gasteiger partial charge in [0.15, 0.2) is 5.78 Å². The third-order valence-electron chi connectivity index (χ3n) is 14.9. The molecule has 15 atom stereocenters. The number of amides is 1. The molecule has 3 heterocycles. The average Bonchev–Trinajstić information content (AvgIpc) is 3.32. The zero-order valence-electron chi connectivity index (χ0n) is 42.4. The second kappa shape index (κ2) is 27.3. The lowest BCUT2D eigenvalue weighted by Gasteiger charge is -2.42. The number of rotatable bonds is 9. The minimum absolute atomic E-state index is 0.0158. The molecule has 0 radical (unpaired) electrons. The van der Waals surface area contributed by atoms with E-state index in [0.717, 1.165) is 12.0 Å². The number of fused-ring (bicyclic) bond motifs is 3. The third kappa shape index (κ3) is 15.3. The van der Waals surface area contributed by atoms with E-state index in [0.29, 0.717) is 63.4 Å². The number of aliphatic hydroxyl groups is 3. The van der Waals surface area contributed by atoms with E-state index in [4.69, 9.17) is 28.4 Å². The molecule has 68 heavy (non-hydrogen) atoms. The molecule has 4 rings (SSSR count). The molecule has 2 unspecified atom stereocenters. The van der Waals surface area contributed by atoms with Gasteiger partial charge in [0.1, 0.15) is 30.1 Å². The van der Waals surface area contributed by atoms with Gasteiger partial charge in [0.2, 0.25) is 5.79 Å². The lowest BCUT2D eigenvalue weighted by Crippen LogP contribution is -2.61. The van der Waals surface area contributed by atoms with E-state index in [-0.39, 0.29) is 74.1 Å². The van der Waals surface area contributed by atoms with Crippen LogP contribution < -0.4 is 0 Å². The van der Waals surface area contributed by atoms with E-state index in [1.165, 1.54) is 12.0 Å². The number of carbonyl (C=O) groups is 5. The molecular formula is C53H83NO14. The van der Waals surface area contributed by atoms with Crippen molar-refractivity contribution < 1.29 is 67.7 Å². The van der Waals surface area contributed by atoms with Crippen molar-refractivity contribution in [3.8, 4) is 0 Å². The van der Waals surface area contributed by atoms with Gasteiger partial charge >= 0.3 is 5.97 Å². The summed E-state index contributed by atoms with van der Waals surface area (Å²) in [6, 6.07) is -1.14. The van der Waals surface area contributed by atoms with Crippen LogP contribution in [0.25, 0.3) is 0 Å². The van der Waals surface area contributed by atoms with Crippen LogP contribution in [0.5, 0.6) is 0 Å². The van der Waals surface area contributed by atoms with Crippen LogP contribution in [0.2, 0.25) is 0 Å². The molecule has 15 nitrogen and oxygen atoms in total. The van der Waals surface area contributed by atoms with Gasteiger partial charge in [-0.15, -0.1) is 0 Å². The van der Waals surface area contributed by atoms with Crippen LogP contribution in [0.1, 0.15) is 126 Å². The van der Waals surface area contributed by atoms with Gasteiger partial charge in [-0.2, -0.15) is 0 Å². The van der Waals surface area contributed by atoms with Crippen LogP contribution in [-0.2, 0) is 52.4 Å². The van der Waals surface area contributed by atoms with Gasteiger partial charge in [0.05, 0.1) is 37.6 Å². The lowest BCUT2D eigenvalue weighted by molar-refractivity contribution is -0.265. The van der Waals surface area contributed by atoms with Crippen LogP contribution in [0.15, 0.2) is 47.6 Å². The van der Waals surface area contributed by atoms with Gasteiger partial charge in [-0.05, 0) is 107 Å². The van der Waals surface area contributed by atoms with E-state index < -0.39 is 77.8 Å². The van der Waals surface area contributed by atoms with Crippen molar-refractivity contribution in [3.63, 3.8) is 0 Å². The first-order valence-electron chi connectivity index (χ1n) is 25.0. The molecule has 1 amide bonds. The SMILES string of the molecule is CO[C@H]1CC2CC[C@@H](C)[C@@](O)(O2)C(=O)C(=O)N2CCCC[C@H]2C(=O)O[C@H]([C@@H](C)C[C@@H]2CC[C@@H](OCCO)[C@H](OC)C2)CC(=O)[C@H](C)/C=C(\C)[C@@H](O)[C@@H](OC)C(=O)[C@H](C)CC(C)/C=C/C=CC=C1C. The normalized spacial score (nSPS) is 37.9. The van der Waals surface area contributed by atoms with Crippen molar-refractivity contribution in [1.29, 1.82) is 0 Å². The number of cyclic esters (lactones) is 1. The standard InChI is InChI=1S/C53H83NO14/c1-32-16-12-11-13-17-33(2)44(63-8)30-40-21-19-38(7)53(62,68-40)50(59)51(60)54-23-15-14-18-41(54)52(61)67-45(35(4)28-39-20-22-43(66-25-24-55)46(29-39)64-9)31-42(56)34(3)27-37(6)48(58)49(65-10)47(57)36(5)26-32/h11-13,16-17,27,32,34-36,38-41,43-46,48-49,55,58,62H,14-15,18-26,28-31H2,1-10H3/b13-11?,16-12+,33-17?,37-27+/t32?,34-,35+,36-,38-,39+,40?,41+,43-,44+,45+,46-,48-,49+,53-/m1/s1. The van der Waals surface area contributed by atoms with E-state index >= 15 is 0 Å². The first-order chi connectivity index (χ1) is 32.3. The summed E-state index contributed by atoms with van der Waals surface area (Å²) in [5, 5.41) is 32.8. The Balaban J connectivity index is 1.70. The second-order valence-corrected chi connectivity index (χ2v) is 20.2. The molecule has 1 saturated carbocycles.